The summed E-state index contributed by atoms with van der Waals surface area (Å²) >= 11 is 0. The van der Waals surface area contributed by atoms with Gasteiger partial charge >= 0.3 is 17.9 Å². The van der Waals surface area contributed by atoms with E-state index in [1.165, 1.54) is 173 Å². The molecule has 1 unspecified atom stereocenters. The van der Waals surface area contributed by atoms with Crippen molar-refractivity contribution in [1.29, 1.82) is 0 Å². The summed E-state index contributed by atoms with van der Waals surface area (Å²) in [6, 6.07) is 0. The van der Waals surface area contributed by atoms with E-state index in [0.717, 1.165) is 70.6 Å². The second-order valence-electron chi connectivity index (χ2n) is 18.2. The Kier molecular flexibility index (Phi) is 49.3. The van der Waals surface area contributed by atoms with Gasteiger partial charge in [-0.3, -0.25) is 14.4 Å². The number of carbonyl (C=O) groups excluding carboxylic acids is 3. The lowest BCUT2D eigenvalue weighted by atomic mass is 10.0. The molecule has 1 atom stereocenters. The number of unbranched alkanes of at least 4 members (excludes halogenated alkanes) is 32. The third-order valence-corrected chi connectivity index (χ3v) is 11.9. The molecule has 0 N–H and O–H groups in total. The summed E-state index contributed by atoms with van der Waals surface area (Å²) in [4.78, 5) is 37.6. The van der Waals surface area contributed by atoms with E-state index in [1.54, 1.807) is 0 Å². The molecule has 0 fully saturated rings. The fraction of sp³-hybridized carbons (Fsp3) is 0.839. The first-order valence-electron chi connectivity index (χ1n) is 27.0. The van der Waals surface area contributed by atoms with Gasteiger partial charge in [0.15, 0.2) is 6.10 Å². The lowest BCUT2D eigenvalue weighted by Gasteiger charge is -2.18. The Morgan fingerprint density at radius 2 is 0.581 bits per heavy atom. The lowest BCUT2D eigenvalue weighted by molar-refractivity contribution is -0.167. The molecule has 0 bridgehead atoms. The van der Waals surface area contributed by atoms with Crippen LogP contribution in [0.4, 0.5) is 0 Å². The van der Waals surface area contributed by atoms with Gasteiger partial charge in [0.25, 0.3) is 0 Å². The fourth-order valence-corrected chi connectivity index (χ4v) is 7.80. The molecule has 0 spiro atoms. The van der Waals surface area contributed by atoms with Crippen molar-refractivity contribution in [3.63, 3.8) is 0 Å². The van der Waals surface area contributed by atoms with E-state index in [9.17, 15) is 14.4 Å². The molecule has 0 aliphatic carbocycles. The van der Waals surface area contributed by atoms with E-state index < -0.39 is 6.10 Å². The van der Waals surface area contributed by atoms with Crippen LogP contribution in [0.1, 0.15) is 284 Å². The van der Waals surface area contributed by atoms with Crippen LogP contribution < -0.4 is 0 Å². The maximum Gasteiger partial charge on any atom is 0.306 e. The first-order valence-corrected chi connectivity index (χ1v) is 27.0. The zero-order chi connectivity index (χ0) is 45.1. The predicted molar refractivity (Wildman–Crippen MR) is 266 cm³/mol. The molecule has 0 rings (SSSR count). The van der Waals surface area contributed by atoms with Crippen LogP contribution >= 0.6 is 0 Å². The van der Waals surface area contributed by atoms with Crippen molar-refractivity contribution in [3.8, 4) is 0 Å². The molecule has 0 aromatic heterocycles. The Labute approximate surface area is 385 Å². The van der Waals surface area contributed by atoms with Crippen molar-refractivity contribution in [2.45, 2.75) is 290 Å². The minimum Gasteiger partial charge on any atom is -0.462 e. The van der Waals surface area contributed by atoms with Crippen LogP contribution in [0.5, 0.6) is 0 Å². The summed E-state index contributed by atoms with van der Waals surface area (Å²) in [5.41, 5.74) is 0. The molecule has 0 saturated carbocycles. The van der Waals surface area contributed by atoms with Crippen LogP contribution in [0, 0.1) is 0 Å². The second-order valence-corrected chi connectivity index (χ2v) is 18.2. The van der Waals surface area contributed by atoms with Crippen LogP contribution in [0.15, 0.2) is 36.5 Å². The minimum absolute atomic E-state index is 0.0688. The lowest BCUT2D eigenvalue weighted by Crippen LogP contribution is -2.30. The van der Waals surface area contributed by atoms with Crippen molar-refractivity contribution >= 4 is 17.9 Å². The molecule has 0 aliphatic rings. The normalized spacial score (nSPS) is 12.2. The van der Waals surface area contributed by atoms with Crippen LogP contribution in [0.3, 0.4) is 0 Å². The van der Waals surface area contributed by atoms with Crippen LogP contribution in [0.2, 0.25) is 0 Å². The third kappa shape index (κ3) is 48.7. The van der Waals surface area contributed by atoms with Crippen LogP contribution in [-0.4, -0.2) is 37.2 Å². The highest BCUT2D eigenvalue weighted by molar-refractivity contribution is 5.71. The Hall–Kier alpha value is -2.37. The van der Waals surface area contributed by atoms with Gasteiger partial charge in [0.2, 0.25) is 0 Å². The largest absolute Gasteiger partial charge is 0.462 e. The van der Waals surface area contributed by atoms with Gasteiger partial charge in [-0.05, 0) is 57.8 Å². The van der Waals surface area contributed by atoms with Gasteiger partial charge in [0, 0.05) is 19.3 Å². The van der Waals surface area contributed by atoms with Crippen molar-refractivity contribution in [2.24, 2.45) is 0 Å². The molecule has 0 heterocycles. The van der Waals surface area contributed by atoms with Crippen molar-refractivity contribution in [2.75, 3.05) is 13.2 Å². The summed E-state index contributed by atoms with van der Waals surface area (Å²) in [6.45, 7) is 6.57. The molecule has 0 aromatic rings. The molecule has 0 radical (unpaired) electrons. The van der Waals surface area contributed by atoms with E-state index >= 15 is 0 Å². The molecular formula is C56H102O6. The van der Waals surface area contributed by atoms with Gasteiger partial charge in [0.05, 0.1) is 0 Å². The van der Waals surface area contributed by atoms with Crippen molar-refractivity contribution < 1.29 is 28.6 Å². The first-order chi connectivity index (χ1) is 30.5. The third-order valence-electron chi connectivity index (χ3n) is 11.9. The topological polar surface area (TPSA) is 78.9 Å². The molecule has 0 aromatic carbocycles. The summed E-state index contributed by atoms with van der Waals surface area (Å²) in [6.07, 6.45) is 60.4. The Morgan fingerprint density at radius 1 is 0.323 bits per heavy atom. The monoisotopic (exact) mass is 871 g/mol. The second kappa shape index (κ2) is 51.3. The maximum absolute atomic E-state index is 12.6. The number of rotatable bonds is 49. The Morgan fingerprint density at radius 3 is 0.903 bits per heavy atom. The SMILES string of the molecule is CCCCCCC/C=C\C/C=C\C/C=C\CCCCCCCCCCCCCCCCC(=O)OCC(COC(=O)CCCCCCCCC)OC(=O)CCCCCCCCCC. The molecular weight excluding hydrogens is 769 g/mol. The number of esters is 3. The summed E-state index contributed by atoms with van der Waals surface area (Å²) in [5, 5.41) is 0. The number of hydrogen-bond acceptors (Lipinski definition) is 6. The van der Waals surface area contributed by atoms with E-state index in [-0.39, 0.29) is 31.1 Å². The van der Waals surface area contributed by atoms with Gasteiger partial charge < -0.3 is 14.2 Å². The number of allylic oxidation sites excluding steroid dienone is 6. The molecule has 0 saturated heterocycles. The van der Waals surface area contributed by atoms with Gasteiger partial charge in [-0.1, -0.05) is 243 Å². The number of hydrogen-bond donors (Lipinski definition) is 0. The van der Waals surface area contributed by atoms with E-state index in [4.69, 9.17) is 14.2 Å². The van der Waals surface area contributed by atoms with Gasteiger partial charge in [-0.2, -0.15) is 0 Å². The van der Waals surface area contributed by atoms with Gasteiger partial charge in [0.1, 0.15) is 13.2 Å². The zero-order valence-electron chi connectivity index (χ0n) is 41.4. The van der Waals surface area contributed by atoms with E-state index in [0.29, 0.717) is 19.3 Å². The van der Waals surface area contributed by atoms with Crippen LogP contribution in [0.25, 0.3) is 0 Å². The summed E-state index contributed by atoms with van der Waals surface area (Å²) in [7, 11) is 0. The summed E-state index contributed by atoms with van der Waals surface area (Å²) < 4.78 is 16.7. The maximum atomic E-state index is 12.6. The average Bonchev–Trinajstić information content (AvgIpc) is 3.27. The average molecular weight is 871 g/mol. The van der Waals surface area contributed by atoms with Gasteiger partial charge in [-0.15, -0.1) is 0 Å². The van der Waals surface area contributed by atoms with Crippen molar-refractivity contribution in [3.05, 3.63) is 36.5 Å². The summed E-state index contributed by atoms with van der Waals surface area (Å²) in [5.74, 6) is -0.872. The molecule has 6 heteroatoms. The predicted octanol–water partition coefficient (Wildman–Crippen LogP) is 17.7. The van der Waals surface area contributed by atoms with Gasteiger partial charge in [-0.25, -0.2) is 0 Å². The molecule has 0 aliphatic heterocycles. The highest BCUT2D eigenvalue weighted by atomic mass is 16.6. The zero-order valence-corrected chi connectivity index (χ0v) is 41.4. The standard InChI is InChI=1S/C56H102O6/c1-4-7-10-13-16-18-19-20-21-22-23-24-25-26-27-28-29-30-31-32-33-34-35-36-37-38-41-43-46-49-55(58)61-52-53(51-60-54(57)48-45-42-39-15-12-9-6-3)62-56(59)50-47-44-40-17-14-11-8-5-2/h19-20,22-23,25-26,53H,4-18,21,24,27-52H2,1-3H3/b20-19-,23-22-,26-25-. The molecule has 362 valence electrons. The quantitative estimate of drug-likeness (QED) is 0.0262. The smallest absolute Gasteiger partial charge is 0.306 e. The minimum atomic E-state index is -0.763. The molecule has 62 heavy (non-hydrogen) atoms. The Balaban J connectivity index is 3.95. The van der Waals surface area contributed by atoms with E-state index in [2.05, 4.69) is 57.2 Å². The van der Waals surface area contributed by atoms with E-state index in [1.807, 2.05) is 0 Å². The molecule has 6 nitrogen and oxygen atoms in total. The first kappa shape index (κ1) is 59.6. The highest BCUT2D eigenvalue weighted by Gasteiger charge is 2.19. The number of ether oxygens (including phenoxy) is 3. The fourth-order valence-electron chi connectivity index (χ4n) is 7.80. The molecule has 0 amide bonds. The van der Waals surface area contributed by atoms with Crippen molar-refractivity contribution in [1.82, 2.24) is 0 Å². The number of carbonyl (C=O) groups is 3. The highest BCUT2D eigenvalue weighted by Crippen LogP contribution is 2.16. The Bertz CT molecular complexity index is 1050. The van der Waals surface area contributed by atoms with Crippen LogP contribution in [-0.2, 0) is 28.6 Å².